The van der Waals surface area contributed by atoms with Crippen LogP contribution in [0, 0.1) is 11.3 Å². The van der Waals surface area contributed by atoms with Crippen molar-refractivity contribution in [1.29, 1.82) is 0 Å². The summed E-state index contributed by atoms with van der Waals surface area (Å²) in [7, 11) is 4.02. The maximum atomic E-state index is 6.15. The second kappa shape index (κ2) is 6.86. The average molecular weight is 351 g/mol. The fourth-order valence-electron chi connectivity index (χ4n) is 4.71. The zero-order valence-corrected chi connectivity index (χ0v) is 16.4. The van der Waals surface area contributed by atoms with E-state index in [1.54, 1.807) is 7.11 Å². The lowest BCUT2D eigenvalue weighted by molar-refractivity contribution is -0.000348. The molecule has 134 valence electrons. The molecule has 0 bridgehead atoms. The first-order valence-corrected chi connectivity index (χ1v) is 9.47. The molecule has 2 fully saturated rings. The maximum Gasteiger partial charge on any atom is 0.124 e. The molecule has 1 aromatic rings. The van der Waals surface area contributed by atoms with Crippen LogP contribution in [0.5, 0.6) is 5.75 Å². The molecule has 0 N–H and O–H groups in total. The summed E-state index contributed by atoms with van der Waals surface area (Å²) in [6.07, 6.45) is 4.53. The van der Waals surface area contributed by atoms with Crippen LogP contribution in [-0.4, -0.2) is 42.7 Å². The number of nitrogens with zero attached hydrogens (tertiary/aromatic N) is 2. The highest BCUT2D eigenvalue weighted by molar-refractivity contribution is 6.30. The van der Waals surface area contributed by atoms with Gasteiger partial charge in [0.25, 0.3) is 0 Å². The fraction of sp³-hybridized carbons (Fsp3) is 0.700. The first-order valence-electron chi connectivity index (χ1n) is 9.09. The van der Waals surface area contributed by atoms with Crippen LogP contribution in [0.15, 0.2) is 18.2 Å². The Bertz CT molecular complexity index is 581. The lowest BCUT2D eigenvalue weighted by Gasteiger charge is -2.43. The minimum atomic E-state index is 0.276. The lowest BCUT2D eigenvalue weighted by atomic mass is 9.82. The number of methoxy groups -OCH3 is 1. The molecule has 24 heavy (non-hydrogen) atoms. The van der Waals surface area contributed by atoms with Crippen molar-refractivity contribution < 1.29 is 4.74 Å². The smallest absolute Gasteiger partial charge is 0.124 e. The Morgan fingerprint density at radius 3 is 2.71 bits per heavy atom. The summed E-state index contributed by atoms with van der Waals surface area (Å²) in [6.45, 7) is 9.25. The largest absolute Gasteiger partial charge is 0.496 e. The van der Waals surface area contributed by atoms with Crippen LogP contribution in [0.25, 0.3) is 0 Å². The molecule has 0 aromatic heterocycles. The molecule has 2 aliphatic heterocycles. The maximum absolute atomic E-state index is 6.15. The number of piperidine rings is 1. The van der Waals surface area contributed by atoms with Gasteiger partial charge in [0, 0.05) is 23.2 Å². The third kappa shape index (κ3) is 3.44. The molecule has 3 atom stereocenters. The first-order chi connectivity index (χ1) is 11.3. The predicted molar refractivity (Wildman–Crippen MR) is 101 cm³/mol. The normalized spacial score (nSPS) is 28.8. The Labute approximate surface area is 151 Å². The van der Waals surface area contributed by atoms with Crippen LogP contribution >= 0.6 is 11.6 Å². The number of fused-ring (bicyclic) bond motifs is 1. The minimum Gasteiger partial charge on any atom is -0.496 e. The second-order valence-corrected chi connectivity index (χ2v) is 8.98. The summed E-state index contributed by atoms with van der Waals surface area (Å²) in [5.41, 5.74) is 1.51. The first kappa shape index (κ1) is 18.0. The van der Waals surface area contributed by atoms with Gasteiger partial charge in [0.2, 0.25) is 0 Å². The Morgan fingerprint density at radius 2 is 2.04 bits per heavy atom. The zero-order valence-electron chi connectivity index (χ0n) is 15.7. The van der Waals surface area contributed by atoms with Gasteiger partial charge in [0.15, 0.2) is 0 Å². The van der Waals surface area contributed by atoms with Crippen molar-refractivity contribution in [1.82, 2.24) is 9.80 Å². The average Bonchev–Trinajstić information content (AvgIpc) is 2.89. The lowest BCUT2D eigenvalue weighted by Crippen LogP contribution is -2.52. The fourth-order valence-corrected chi connectivity index (χ4v) is 4.88. The molecule has 0 saturated carbocycles. The van der Waals surface area contributed by atoms with E-state index >= 15 is 0 Å². The van der Waals surface area contributed by atoms with Gasteiger partial charge < -0.3 is 4.74 Å². The van der Waals surface area contributed by atoms with Gasteiger partial charge in [-0.15, -0.1) is 0 Å². The van der Waals surface area contributed by atoms with Crippen LogP contribution in [-0.2, 0) is 6.54 Å². The molecule has 2 heterocycles. The summed E-state index contributed by atoms with van der Waals surface area (Å²) in [5, 5.41) is 0.733. The van der Waals surface area contributed by atoms with Gasteiger partial charge in [-0.25, -0.2) is 0 Å². The van der Waals surface area contributed by atoms with E-state index in [0.29, 0.717) is 12.2 Å². The molecule has 3 unspecified atom stereocenters. The van der Waals surface area contributed by atoms with Gasteiger partial charge in [-0.3, -0.25) is 9.80 Å². The van der Waals surface area contributed by atoms with Crippen molar-refractivity contribution >= 4 is 11.6 Å². The predicted octanol–water partition coefficient (Wildman–Crippen LogP) is 4.64. The summed E-state index contributed by atoms with van der Waals surface area (Å²) >= 11 is 6.15. The van der Waals surface area contributed by atoms with Crippen LogP contribution in [0.3, 0.4) is 0 Å². The number of rotatable bonds is 3. The molecule has 4 heteroatoms. The molecule has 3 nitrogen and oxygen atoms in total. The highest BCUT2D eigenvalue weighted by Crippen LogP contribution is 2.45. The Hall–Kier alpha value is -0.770. The van der Waals surface area contributed by atoms with Crippen molar-refractivity contribution in [3.63, 3.8) is 0 Å². The minimum absolute atomic E-state index is 0.276. The van der Waals surface area contributed by atoms with Crippen molar-refractivity contribution in [3.8, 4) is 5.75 Å². The molecule has 1 aromatic carbocycles. The molecular weight excluding hydrogens is 320 g/mol. The van der Waals surface area contributed by atoms with E-state index in [-0.39, 0.29) is 5.41 Å². The Kier molecular flexibility index (Phi) is 5.15. The number of hydrogen-bond acceptors (Lipinski definition) is 3. The molecule has 2 saturated heterocycles. The Balaban J connectivity index is 1.92. The summed E-state index contributed by atoms with van der Waals surface area (Å²) in [6, 6.07) is 6.62. The quantitative estimate of drug-likeness (QED) is 0.790. The van der Waals surface area contributed by atoms with Gasteiger partial charge >= 0.3 is 0 Å². The van der Waals surface area contributed by atoms with E-state index in [9.17, 15) is 0 Å². The van der Waals surface area contributed by atoms with Crippen LogP contribution in [0.2, 0.25) is 5.02 Å². The SMILES string of the molecule is COc1cc(Cl)ccc1CN1C2C(CCCN2C)CC1C(C)(C)C. The standard InChI is InChI=1S/C20H31ClN2O/c1-20(2,3)18-11-14-7-6-10-22(4)19(14)23(18)13-15-8-9-16(21)12-17(15)24-5/h8-9,12,14,18-19H,6-7,10-11,13H2,1-5H3. The van der Waals surface area contributed by atoms with Gasteiger partial charge in [-0.05, 0) is 56.3 Å². The van der Waals surface area contributed by atoms with E-state index in [2.05, 4.69) is 43.7 Å². The van der Waals surface area contributed by atoms with Crippen LogP contribution in [0.4, 0.5) is 0 Å². The van der Waals surface area contributed by atoms with Crippen molar-refractivity contribution in [3.05, 3.63) is 28.8 Å². The van der Waals surface area contributed by atoms with Crippen LogP contribution in [0.1, 0.15) is 45.6 Å². The number of halogens is 1. The van der Waals surface area contributed by atoms with Crippen molar-refractivity contribution in [2.24, 2.45) is 11.3 Å². The third-order valence-corrected chi connectivity index (χ3v) is 6.06. The second-order valence-electron chi connectivity index (χ2n) is 8.54. The van der Waals surface area contributed by atoms with Crippen LogP contribution < -0.4 is 4.74 Å². The molecule has 0 radical (unpaired) electrons. The number of likely N-dealkylation sites (tertiary alicyclic amines) is 2. The van der Waals surface area contributed by atoms with Gasteiger partial charge in [-0.2, -0.15) is 0 Å². The summed E-state index contributed by atoms with van der Waals surface area (Å²) in [4.78, 5) is 5.28. The monoisotopic (exact) mass is 350 g/mol. The number of hydrogen-bond donors (Lipinski definition) is 0. The van der Waals surface area contributed by atoms with E-state index in [0.717, 1.165) is 23.2 Å². The van der Waals surface area contributed by atoms with E-state index < -0.39 is 0 Å². The zero-order chi connectivity index (χ0) is 17.5. The number of ether oxygens (including phenoxy) is 1. The molecule has 2 aliphatic rings. The highest BCUT2D eigenvalue weighted by atomic mass is 35.5. The van der Waals surface area contributed by atoms with E-state index in [1.807, 2.05) is 12.1 Å². The van der Waals surface area contributed by atoms with Gasteiger partial charge in [-0.1, -0.05) is 38.4 Å². The molecule has 3 rings (SSSR count). The summed E-state index contributed by atoms with van der Waals surface area (Å²) < 4.78 is 5.60. The molecular formula is C20H31ClN2O. The molecule has 0 spiro atoms. The highest BCUT2D eigenvalue weighted by Gasteiger charge is 2.48. The van der Waals surface area contributed by atoms with Gasteiger partial charge in [0.05, 0.1) is 13.3 Å². The molecule has 0 amide bonds. The van der Waals surface area contributed by atoms with E-state index in [4.69, 9.17) is 16.3 Å². The van der Waals surface area contributed by atoms with E-state index in [1.165, 1.54) is 31.4 Å². The topological polar surface area (TPSA) is 15.7 Å². The summed E-state index contributed by atoms with van der Waals surface area (Å²) in [5.74, 6) is 1.68. The number of benzene rings is 1. The van der Waals surface area contributed by atoms with Crippen molar-refractivity contribution in [2.75, 3.05) is 20.7 Å². The molecule has 0 aliphatic carbocycles. The van der Waals surface area contributed by atoms with Crippen molar-refractivity contribution in [2.45, 2.75) is 58.8 Å². The van der Waals surface area contributed by atoms with Gasteiger partial charge in [0.1, 0.15) is 5.75 Å². The third-order valence-electron chi connectivity index (χ3n) is 5.83. The Morgan fingerprint density at radius 1 is 1.29 bits per heavy atom.